The molecule has 0 nitrogen and oxygen atoms in total. The van der Waals surface area contributed by atoms with Crippen LogP contribution in [0.5, 0.6) is 0 Å². The van der Waals surface area contributed by atoms with Crippen LogP contribution in [-0.4, -0.2) is 6.71 Å². The summed E-state index contributed by atoms with van der Waals surface area (Å²) in [5, 5.41) is 0. The van der Waals surface area contributed by atoms with Gasteiger partial charge in [0.1, 0.15) is 0 Å². The third-order valence-corrected chi connectivity index (χ3v) is 6.76. The molecular weight excluding hydrogens is 335 g/mol. The van der Waals surface area contributed by atoms with Crippen molar-refractivity contribution in [1.82, 2.24) is 0 Å². The molecule has 0 aliphatic heterocycles. The van der Waals surface area contributed by atoms with Gasteiger partial charge >= 0.3 is 0 Å². The molecule has 3 unspecified atom stereocenters. The fourth-order valence-corrected chi connectivity index (χ4v) is 5.51. The molecule has 1 heteroatoms. The third kappa shape index (κ3) is 2.32. The number of allylic oxidation sites excluding steroid dienone is 3. The molecule has 3 aromatic carbocycles. The number of benzene rings is 3. The van der Waals surface area contributed by atoms with Gasteiger partial charge in [0.15, 0.2) is 6.71 Å². The van der Waals surface area contributed by atoms with Gasteiger partial charge in [-0.2, -0.15) is 0 Å². The van der Waals surface area contributed by atoms with Crippen molar-refractivity contribution in [2.24, 2.45) is 0 Å². The molecule has 0 bridgehead atoms. The molecule has 0 heterocycles. The van der Waals surface area contributed by atoms with Crippen molar-refractivity contribution in [2.75, 3.05) is 0 Å². The molecule has 6 rings (SSSR count). The minimum Gasteiger partial charge on any atom is -0.0836 e. The molecule has 132 valence electrons. The minimum absolute atomic E-state index is 0.429. The normalized spacial score (nSPS) is 22.9. The van der Waals surface area contributed by atoms with Gasteiger partial charge in [-0.15, -0.1) is 0 Å². The highest BCUT2D eigenvalue weighted by molar-refractivity contribution is 6.66. The molecule has 3 atom stereocenters. The fraction of sp³-hybridized carbons (Fsp3) is 0.111. The Hall–Kier alpha value is -3.06. The summed E-state index contributed by atoms with van der Waals surface area (Å²) < 4.78 is 0. The number of hydrogen-bond donors (Lipinski definition) is 0. The van der Waals surface area contributed by atoms with Crippen LogP contribution < -0.4 is 0 Å². The number of rotatable bonds is 3. The average Bonchev–Trinajstić information content (AvgIpc) is 3.47. The van der Waals surface area contributed by atoms with Crippen LogP contribution in [0.4, 0.5) is 0 Å². The summed E-state index contributed by atoms with van der Waals surface area (Å²) in [5.41, 5.74) is 8.56. The zero-order chi connectivity index (χ0) is 18.5. The Kier molecular flexibility index (Phi) is 3.55. The lowest BCUT2D eigenvalue weighted by molar-refractivity contribution is 1.01. The van der Waals surface area contributed by atoms with Crippen LogP contribution in [0.3, 0.4) is 0 Å². The van der Waals surface area contributed by atoms with E-state index in [9.17, 15) is 0 Å². The second-order valence-electron chi connectivity index (χ2n) is 8.12. The van der Waals surface area contributed by atoms with Gasteiger partial charge in [0.25, 0.3) is 0 Å². The van der Waals surface area contributed by atoms with Gasteiger partial charge in [-0.1, -0.05) is 109 Å². The van der Waals surface area contributed by atoms with Gasteiger partial charge in [0.2, 0.25) is 0 Å². The Morgan fingerprint density at radius 3 is 1.11 bits per heavy atom. The highest BCUT2D eigenvalue weighted by Crippen LogP contribution is 2.48. The van der Waals surface area contributed by atoms with Gasteiger partial charge in [-0.3, -0.25) is 0 Å². The second-order valence-corrected chi connectivity index (χ2v) is 8.12. The van der Waals surface area contributed by atoms with E-state index in [0.717, 1.165) is 0 Å². The van der Waals surface area contributed by atoms with Gasteiger partial charge in [-0.25, -0.2) is 0 Å². The van der Waals surface area contributed by atoms with Crippen LogP contribution in [0, 0.1) is 0 Å². The van der Waals surface area contributed by atoms with E-state index < -0.39 is 0 Å². The molecule has 0 N–H and O–H groups in total. The maximum atomic E-state index is 2.44. The van der Waals surface area contributed by atoms with E-state index in [1.165, 1.54) is 33.4 Å². The Labute approximate surface area is 167 Å². The topological polar surface area (TPSA) is 0 Å². The molecule has 28 heavy (non-hydrogen) atoms. The highest BCUT2D eigenvalue weighted by Gasteiger charge is 2.43. The predicted octanol–water partition coefficient (Wildman–Crippen LogP) is 6.53. The zero-order valence-corrected chi connectivity index (χ0v) is 15.7. The van der Waals surface area contributed by atoms with Crippen LogP contribution >= 0.6 is 0 Å². The predicted molar refractivity (Wildman–Crippen MR) is 120 cm³/mol. The van der Waals surface area contributed by atoms with Crippen molar-refractivity contribution < 1.29 is 0 Å². The standard InChI is InChI=1S/C27H21B/c1-4-10-22-19(7-1)13-16-25(22)28(26-17-14-20-8-2-5-11-23(20)26)27-18-15-21-9-3-6-12-24(21)27/h1-18,25-27H. The Bertz CT molecular complexity index is 1000. The summed E-state index contributed by atoms with van der Waals surface area (Å²) in [4.78, 5) is 0. The van der Waals surface area contributed by atoms with Crippen molar-refractivity contribution in [2.45, 2.75) is 17.5 Å². The van der Waals surface area contributed by atoms with Crippen LogP contribution in [-0.2, 0) is 0 Å². The third-order valence-electron chi connectivity index (χ3n) is 6.76. The van der Waals surface area contributed by atoms with E-state index in [2.05, 4.69) is 109 Å². The molecule has 3 aromatic rings. The summed E-state index contributed by atoms with van der Waals surface area (Å²) in [6.07, 6.45) is 14.3. The first-order valence-corrected chi connectivity index (χ1v) is 10.2. The monoisotopic (exact) mass is 356 g/mol. The van der Waals surface area contributed by atoms with E-state index in [1.807, 2.05) is 0 Å². The lowest BCUT2D eigenvalue weighted by Crippen LogP contribution is -2.35. The molecule has 0 radical (unpaired) electrons. The Balaban J connectivity index is 1.51. The largest absolute Gasteiger partial charge is 0.178 e. The zero-order valence-electron chi connectivity index (χ0n) is 15.7. The SMILES string of the molecule is C1=CC(B(C2C=Cc3ccccc32)C2C=Cc3ccccc32)c2ccccc21. The van der Waals surface area contributed by atoms with Crippen molar-refractivity contribution in [1.29, 1.82) is 0 Å². The quantitative estimate of drug-likeness (QED) is 0.468. The number of fused-ring (bicyclic) bond motifs is 3. The molecule has 0 saturated carbocycles. The molecule has 0 amide bonds. The van der Waals surface area contributed by atoms with E-state index >= 15 is 0 Å². The van der Waals surface area contributed by atoms with Crippen molar-refractivity contribution in [3.63, 3.8) is 0 Å². The number of hydrogen-bond acceptors (Lipinski definition) is 0. The minimum atomic E-state index is 0.429. The lowest BCUT2D eigenvalue weighted by atomic mass is 9.26. The van der Waals surface area contributed by atoms with E-state index in [0.29, 0.717) is 24.2 Å². The van der Waals surface area contributed by atoms with Crippen LogP contribution in [0.1, 0.15) is 50.8 Å². The Morgan fingerprint density at radius 2 is 0.750 bits per heavy atom. The smallest absolute Gasteiger partial charge is 0.0836 e. The summed E-state index contributed by atoms with van der Waals surface area (Å²) in [5.74, 6) is 1.29. The molecule has 0 fully saturated rings. The highest BCUT2D eigenvalue weighted by atomic mass is 14.3. The average molecular weight is 356 g/mol. The first-order valence-electron chi connectivity index (χ1n) is 10.2. The first kappa shape index (κ1) is 16.0. The van der Waals surface area contributed by atoms with Crippen molar-refractivity contribution >= 4 is 24.9 Å². The maximum Gasteiger partial charge on any atom is 0.178 e. The summed E-state index contributed by atoms with van der Waals surface area (Å²) in [6.45, 7) is 0.472. The molecule has 0 aromatic heterocycles. The van der Waals surface area contributed by atoms with Gasteiger partial charge in [0, 0.05) is 0 Å². The van der Waals surface area contributed by atoms with Gasteiger partial charge < -0.3 is 0 Å². The summed E-state index contributed by atoms with van der Waals surface area (Å²) in [7, 11) is 0. The van der Waals surface area contributed by atoms with E-state index in [4.69, 9.17) is 0 Å². The molecule has 3 aliphatic rings. The summed E-state index contributed by atoms with van der Waals surface area (Å²) in [6, 6.07) is 26.7. The van der Waals surface area contributed by atoms with Crippen LogP contribution in [0.2, 0.25) is 0 Å². The molecule has 0 saturated heterocycles. The van der Waals surface area contributed by atoms with Crippen LogP contribution in [0.15, 0.2) is 91.0 Å². The summed E-state index contributed by atoms with van der Waals surface area (Å²) >= 11 is 0. The van der Waals surface area contributed by atoms with Gasteiger partial charge in [0.05, 0.1) is 0 Å². The van der Waals surface area contributed by atoms with Crippen molar-refractivity contribution in [3.05, 3.63) is 124 Å². The van der Waals surface area contributed by atoms with Gasteiger partial charge in [-0.05, 0) is 50.8 Å². The molecular formula is C27H21B. The Morgan fingerprint density at radius 1 is 0.429 bits per heavy atom. The lowest BCUT2D eigenvalue weighted by Gasteiger charge is -2.31. The van der Waals surface area contributed by atoms with Crippen LogP contribution in [0.25, 0.3) is 18.2 Å². The second kappa shape index (κ2) is 6.24. The maximum absolute atomic E-state index is 2.44. The molecule has 3 aliphatic carbocycles. The van der Waals surface area contributed by atoms with E-state index in [-0.39, 0.29) is 0 Å². The molecule has 0 spiro atoms. The first-order chi connectivity index (χ1) is 13.9. The van der Waals surface area contributed by atoms with E-state index in [1.54, 1.807) is 0 Å². The fourth-order valence-electron chi connectivity index (χ4n) is 5.51. The van der Waals surface area contributed by atoms with Crippen molar-refractivity contribution in [3.8, 4) is 0 Å².